The van der Waals surface area contributed by atoms with Crippen molar-refractivity contribution in [3.05, 3.63) is 20.0 Å². The molecule has 4 rings (SSSR count). The van der Waals surface area contributed by atoms with Gasteiger partial charge < -0.3 is 19.9 Å². The highest BCUT2D eigenvalue weighted by Gasteiger charge is 2.49. The number of anilines is 1. The van der Waals surface area contributed by atoms with Crippen LogP contribution < -0.4 is 16.2 Å². The number of carbonyl (C=O) groups is 2. The average Bonchev–Trinajstić information content (AvgIpc) is 3.30. The number of hydrogen-bond acceptors (Lipinski definition) is 10. The van der Waals surface area contributed by atoms with E-state index >= 15 is 0 Å². The van der Waals surface area contributed by atoms with Crippen LogP contribution in [0, 0.1) is 5.92 Å². The summed E-state index contributed by atoms with van der Waals surface area (Å²) in [6, 6.07) is 0. The number of H-pyrrole nitrogens is 1. The van der Waals surface area contributed by atoms with Gasteiger partial charge in [0.05, 0.1) is 0 Å². The lowest BCUT2D eigenvalue weighted by Gasteiger charge is -2.23. The number of nitrogens with one attached hydrogen (secondary N) is 1. The van der Waals surface area contributed by atoms with Crippen molar-refractivity contribution in [2.45, 2.75) is 57.6 Å². The van der Waals surface area contributed by atoms with Gasteiger partial charge in [0.2, 0.25) is 5.95 Å². The second-order valence-corrected chi connectivity index (χ2v) is 8.16. The van der Waals surface area contributed by atoms with E-state index in [1.165, 1.54) is 18.4 Å². The first-order chi connectivity index (χ1) is 13.7. The molecule has 3 heterocycles. The summed E-state index contributed by atoms with van der Waals surface area (Å²) in [5.41, 5.74) is 5.15. The molecular weight excluding hydrogens is 404 g/mol. The largest absolute Gasteiger partial charge is 0.459 e. The predicted octanol–water partition coefficient (Wildman–Crippen LogP) is 0.289. The van der Waals surface area contributed by atoms with Crippen molar-refractivity contribution in [1.29, 1.82) is 0 Å². The minimum Gasteiger partial charge on any atom is -0.459 e. The maximum atomic E-state index is 12.7. The van der Waals surface area contributed by atoms with Crippen LogP contribution >= 0.6 is 11.3 Å². The molecule has 2 aromatic heterocycles. The summed E-state index contributed by atoms with van der Waals surface area (Å²) >= 11 is 0.701. The second kappa shape index (κ2) is 7.26. The number of aromatic amines is 1. The monoisotopic (exact) mass is 424 g/mol. The third-order valence-corrected chi connectivity index (χ3v) is 5.86. The molecule has 1 aliphatic carbocycles. The lowest BCUT2D eigenvalue weighted by atomic mass is 10.0. The summed E-state index contributed by atoms with van der Waals surface area (Å²) in [7, 11) is 0. The highest BCUT2D eigenvalue weighted by molar-refractivity contribution is 7.16. The number of esters is 2. The lowest BCUT2D eigenvalue weighted by molar-refractivity contribution is -0.160. The van der Waals surface area contributed by atoms with Crippen LogP contribution in [0.4, 0.5) is 5.95 Å². The standard InChI is InChI=1S/C17H20N4O7S/c1-6(22)26-10-5-9(11(8-3-4-8)27-7(2)23)28-15(10)21-13-12(29-17(21)25)14(24)20-16(18)19-13/h8-11,15H,3-5H2,1-2H3,(H3,18,19,20,24)/t9-,10?,11?,15+/m0/s1. The van der Waals surface area contributed by atoms with Crippen LogP contribution in [0.15, 0.2) is 9.59 Å². The molecule has 0 aromatic carbocycles. The van der Waals surface area contributed by atoms with Crippen molar-refractivity contribution < 1.29 is 23.8 Å². The highest BCUT2D eigenvalue weighted by Crippen LogP contribution is 2.43. The molecule has 1 aliphatic heterocycles. The summed E-state index contributed by atoms with van der Waals surface area (Å²) in [5, 5.41) is 0. The van der Waals surface area contributed by atoms with E-state index in [0.717, 1.165) is 12.8 Å². The first-order valence-electron chi connectivity index (χ1n) is 9.15. The summed E-state index contributed by atoms with van der Waals surface area (Å²) in [6.07, 6.45) is -0.867. The first kappa shape index (κ1) is 19.6. The maximum Gasteiger partial charge on any atom is 0.311 e. The lowest BCUT2D eigenvalue weighted by Crippen LogP contribution is -2.33. The van der Waals surface area contributed by atoms with Crippen LogP contribution in [0.3, 0.4) is 0 Å². The van der Waals surface area contributed by atoms with Crippen LogP contribution in [0.25, 0.3) is 10.3 Å². The van der Waals surface area contributed by atoms with Crippen LogP contribution in [-0.2, 0) is 23.8 Å². The Hall–Kier alpha value is -2.73. The molecule has 1 saturated carbocycles. The smallest absolute Gasteiger partial charge is 0.311 e. The summed E-state index contributed by atoms with van der Waals surface area (Å²) in [6.45, 7) is 2.57. The van der Waals surface area contributed by atoms with Gasteiger partial charge in [0.1, 0.15) is 23.0 Å². The third kappa shape index (κ3) is 3.77. The molecule has 29 heavy (non-hydrogen) atoms. The van der Waals surface area contributed by atoms with E-state index in [1.807, 2.05) is 0 Å². The molecule has 2 fully saturated rings. The Morgan fingerprint density at radius 1 is 1.31 bits per heavy atom. The fourth-order valence-corrected chi connectivity index (χ4v) is 4.53. The number of fused-ring (bicyclic) bond motifs is 1. The van der Waals surface area contributed by atoms with Crippen LogP contribution in [0.1, 0.15) is 39.3 Å². The zero-order valence-electron chi connectivity index (χ0n) is 15.7. The first-order valence-corrected chi connectivity index (χ1v) is 9.97. The van der Waals surface area contributed by atoms with E-state index in [1.54, 1.807) is 0 Å². The predicted molar refractivity (Wildman–Crippen MR) is 101 cm³/mol. The van der Waals surface area contributed by atoms with Crippen molar-refractivity contribution in [2.24, 2.45) is 5.92 Å². The molecule has 1 saturated heterocycles. The molecule has 0 spiro atoms. The minimum absolute atomic E-state index is 0.0551. The number of nitrogen functional groups attached to an aromatic ring is 1. The molecule has 4 atom stereocenters. The molecule has 11 nitrogen and oxygen atoms in total. The topological polar surface area (TPSA) is 156 Å². The number of nitrogens with two attached hydrogens (primary N) is 1. The molecule has 0 bridgehead atoms. The third-order valence-electron chi connectivity index (χ3n) is 4.92. The van der Waals surface area contributed by atoms with Crippen LogP contribution in [0.2, 0.25) is 0 Å². The van der Waals surface area contributed by atoms with E-state index < -0.39 is 46.9 Å². The molecule has 0 radical (unpaired) electrons. The van der Waals surface area contributed by atoms with E-state index in [0.29, 0.717) is 11.3 Å². The Morgan fingerprint density at radius 2 is 2.03 bits per heavy atom. The quantitative estimate of drug-likeness (QED) is 0.644. The van der Waals surface area contributed by atoms with Gasteiger partial charge in [0.25, 0.3) is 5.56 Å². The molecule has 2 unspecified atom stereocenters. The Kier molecular flexibility index (Phi) is 4.90. The van der Waals surface area contributed by atoms with Crippen molar-refractivity contribution in [3.63, 3.8) is 0 Å². The van der Waals surface area contributed by atoms with E-state index in [9.17, 15) is 19.2 Å². The summed E-state index contributed by atoms with van der Waals surface area (Å²) in [4.78, 5) is 53.9. The highest BCUT2D eigenvalue weighted by atomic mass is 32.1. The van der Waals surface area contributed by atoms with E-state index in [2.05, 4.69) is 9.97 Å². The normalized spacial score (nSPS) is 25.1. The van der Waals surface area contributed by atoms with Crippen molar-refractivity contribution in [2.75, 3.05) is 5.73 Å². The van der Waals surface area contributed by atoms with Crippen molar-refractivity contribution >= 4 is 39.6 Å². The molecular formula is C17H20N4O7S. The Balaban J connectivity index is 1.75. The zero-order valence-corrected chi connectivity index (χ0v) is 16.6. The fraction of sp³-hybridized carbons (Fsp3) is 0.588. The van der Waals surface area contributed by atoms with Gasteiger partial charge in [-0.25, -0.2) is 0 Å². The molecule has 12 heteroatoms. The SMILES string of the molecule is CC(=O)OC(C1CC1)[C@@H]1CC(OC(C)=O)[C@H](n2c(=O)sc3c(=O)[nH]c(N)nc32)O1. The van der Waals surface area contributed by atoms with E-state index in [4.69, 9.17) is 19.9 Å². The molecule has 3 N–H and O–H groups in total. The van der Waals surface area contributed by atoms with Gasteiger partial charge in [-0.15, -0.1) is 0 Å². The van der Waals surface area contributed by atoms with Crippen molar-refractivity contribution in [1.82, 2.24) is 14.5 Å². The van der Waals surface area contributed by atoms with Crippen LogP contribution in [-0.4, -0.2) is 44.8 Å². The number of hydrogen-bond donors (Lipinski definition) is 2. The number of nitrogens with zero attached hydrogens (tertiary/aromatic N) is 2. The van der Waals surface area contributed by atoms with Gasteiger partial charge in [-0.05, 0) is 18.8 Å². The van der Waals surface area contributed by atoms with Gasteiger partial charge in [-0.3, -0.25) is 28.7 Å². The average molecular weight is 424 g/mol. The van der Waals surface area contributed by atoms with Crippen molar-refractivity contribution in [3.8, 4) is 0 Å². The van der Waals surface area contributed by atoms with Gasteiger partial charge in [0, 0.05) is 20.3 Å². The number of thiazole rings is 1. The number of aromatic nitrogens is 3. The van der Waals surface area contributed by atoms with Crippen LogP contribution in [0.5, 0.6) is 0 Å². The minimum atomic E-state index is -1.02. The van der Waals surface area contributed by atoms with Gasteiger partial charge in [-0.2, -0.15) is 4.98 Å². The number of ether oxygens (including phenoxy) is 3. The zero-order chi connectivity index (χ0) is 20.9. The Labute approximate surface area is 167 Å². The molecule has 2 aliphatic rings. The van der Waals surface area contributed by atoms with E-state index in [-0.39, 0.29) is 28.6 Å². The molecule has 0 amide bonds. The number of carbonyl (C=O) groups excluding carboxylic acids is 2. The molecule has 2 aromatic rings. The summed E-state index contributed by atoms with van der Waals surface area (Å²) < 4.78 is 18.2. The summed E-state index contributed by atoms with van der Waals surface area (Å²) in [5.74, 6) is -0.966. The Morgan fingerprint density at radius 3 is 2.66 bits per heavy atom. The van der Waals surface area contributed by atoms with Gasteiger partial charge in [0.15, 0.2) is 11.9 Å². The fourth-order valence-electron chi connectivity index (χ4n) is 3.69. The Bertz CT molecular complexity index is 1090. The van der Waals surface area contributed by atoms with Gasteiger partial charge >= 0.3 is 16.8 Å². The maximum absolute atomic E-state index is 12.7. The second-order valence-electron chi connectivity index (χ2n) is 7.20. The number of rotatable bonds is 5. The van der Waals surface area contributed by atoms with Gasteiger partial charge in [-0.1, -0.05) is 11.3 Å². The molecule has 156 valence electrons.